The molecule has 1 aromatic carbocycles. The van der Waals surface area contributed by atoms with Crippen molar-refractivity contribution in [2.24, 2.45) is 5.92 Å². The third-order valence-corrected chi connectivity index (χ3v) is 4.91. The van der Waals surface area contributed by atoms with Gasteiger partial charge >= 0.3 is 5.97 Å². The Balaban J connectivity index is 2.28. The highest BCUT2D eigenvalue weighted by Gasteiger charge is 2.41. The summed E-state index contributed by atoms with van der Waals surface area (Å²) in [5, 5.41) is 9.76. The van der Waals surface area contributed by atoms with Gasteiger partial charge in [0, 0.05) is 5.03 Å². The smallest absolute Gasteiger partial charge is 0.327 e. The van der Waals surface area contributed by atoms with Crippen LogP contribution < -0.4 is 0 Å². The van der Waals surface area contributed by atoms with Crippen LogP contribution in [0.15, 0.2) is 46.3 Å². The Bertz CT molecular complexity index is 729. The van der Waals surface area contributed by atoms with Crippen LogP contribution in [0.5, 0.6) is 0 Å². The van der Waals surface area contributed by atoms with E-state index in [2.05, 4.69) is 0 Å². The van der Waals surface area contributed by atoms with Crippen LogP contribution >= 0.6 is 35.6 Å². The molecule has 1 saturated heterocycles. The van der Waals surface area contributed by atoms with Gasteiger partial charge in [0.05, 0.1) is 4.91 Å². The highest BCUT2D eigenvalue weighted by molar-refractivity contribution is 8.26. The second kappa shape index (κ2) is 7.96. The molecule has 2 rings (SSSR count). The van der Waals surface area contributed by atoms with Crippen molar-refractivity contribution < 1.29 is 14.7 Å². The lowest BCUT2D eigenvalue weighted by molar-refractivity contribution is -0.146. The highest BCUT2D eigenvalue weighted by Crippen LogP contribution is 2.35. The number of hydrogen-bond acceptors (Lipinski definition) is 4. The molecule has 1 heterocycles. The maximum atomic E-state index is 12.6. The molecule has 4 nitrogen and oxygen atoms in total. The number of thiocarbonyl (C=S) groups is 1. The molecule has 0 bridgehead atoms. The predicted molar refractivity (Wildman–Crippen MR) is 102 cm³/mol. The predicted octanol–water partition coefficient (Wildman–Crippen LogP) is 4.12. The van der Waals surface area contributed by atoms with Crippen LogP contribution in [0, 0.1) is 5.92 Å². The number of halogens is 1. The molecule has 7 heteroatoms. The quantitative estimate of drug-likeness (QED) is 0.614. The van der Waals surface area contributed by atoms with Crippen LogP contribution in [0.4, 0.5) is 0 Å². The number of carbonyl (C=O) groups excluding carboxylic acids is 1. The Morgan fingerprint density at radius 1 is 1.33 bits per heavy atom. The van der Waals surface area contributed by atoms with Gasteiger partial charge in [0.1, 0.15) is 10.4 Å². The minimum absolute atomic E-state index is 0.233. The first kappa shape index (κ1) is 18.7. The van der Waals surface area contributed by atoms with Crippen LogP contribution in [0.3, 0.4) is 0 Å². The van der Waals surface area contributed by atoms with Crippen molar-refractivity contribution in [2.45, 2.75) is 19.9 Å². The van der Waals surface area contributed by atoms with Gasteiger partial charge in [-0.1, -0.05) is 79.8 Å². The number of amides is 1. The zero-order valence-electron chi connectivity index (χ0n) is 13.1. The van der Waals surface area contributed by atoms with Crippen LogP contribution in [0.1, 0.15) is 19.4 Å². The highest BCUT2D eigenvalue weighted by atomic mass is 35.5. The zero-order chi connectivity index (χ0) is 17.9. The van der Waals surface area contributed by atoms with Crippen molar-refractivity contribution in [1.82, 2.24) is 4.90 Å². The van der Waals surface area contributed by atoms with E-state index in [0.29, 0.717) is 9.94 Å². The van der Waals surface area contributed by atoms with Crippen molar-refractivity contribution in [3.8, 4) is 0 Å². The van der Waals surface area contributed by atoms with E-state index in [0.717, 1.165) is 22.2 Å². The Labute approximate surface area is 155 Å². The fraction of sp³-hybridized carbons (Fsp3) is 0.235. The van der Waals surface area contributed by atoms with E-state index in [4.69, 9.17) is 23.8 Å². The average molecular weight is 382 g/mol. The molecule has 1 amide bonds. The molecule has 1 atom stereocenters. The monoisotopic (exact) mass is 381 g/mol. The summed E-state index contributed by atoms with van der Waals surface area (Å²) in [7, 11) is 0. The summed E-state index contributed by atoms with van der Waals surface area (Å²) in [6.45, 7) is 3.48. The number of carboxylic acid groups (broad SMARTS) is 1. The molecule has 0 aromatic heterocycles. The lowest BCUT2D eigenvalue weighted by atomic mass is 10.0. The van der Waals surface area contributed by atoms with Gasteiger partial charge in [0.2, 0.25) is 0 Å². The van der Waals surface area contributed by atoms with E-state index in [1.807, 2.05) is 30.3 Å². The van der Waals surface area contributed by atoms with Gasteiger partial charge in [0.15, 0.2) is 0 Å². The van der Waals surface area contributed by atoms with Gasteiger partial charge < -0.3 is 5.11 Å². The van der Waals surface area contributed by atoms with E-state index in [-0.39, 0.29) is 10.2 Å². The van der Waals surface area contributed by atoms with Gasteiger partial charge in [0.25, 0.3) is 5.91 Å². The minimum Gasteiger partial charge on any atom is -0.480 e. The number of rotatable bonds is 5. The average Bonchev–Trinajstić information content (AvgIpc) is 2.75. The third-order valence-electron chi connectivity index (χ3n) is 3.36. The molecule has 0 saturated carbocycles. The van der Waals surface area contributed by atoms with Gasteiger partial charge in [-0.3, -0.25) is 9.69 Å². The Morgan fingerprint density at radius 3 is 2.50 bits per heavy atom. The molecular formula is C17H16ClNO3S2. The topological polar surface area (TPSA) is 57.6 Å². The van der Waals surface area contributed by atoms with Gasteiger partial charge in [-0.2, -0.15) is 0 Å². The molecule has 1 aliphatic rings. The lowest BCUT2D eigenvalue weighted by Gasteiger charge is -2.26. The van der Waals surface area contributed by atoms with Crippen LogP contribution in [-0.4, -0.2) is 32.2 Å². The molecule has 1 fully saturated rings. The molecule has 1 N–H and O–H groups in total. The second-order valence-corrected chi connectivity index (χ2v) is 7.63. The third kappa shape index (κ3) is 4.26. The standard InChI is InChI=1S/C17H16ClNO3S2/c1-10(2)14(16(21)22)19-15(20)13(24-17(19)23)9-12(18)8-11-6-4-3-5-7-11/h3-10,14H,1-2H3,(H,21,22)/b12-8-,13-9-/t14-/m0/s1. The first-order valence-corrected chi connectivity index (χ1v) is 8.83. The van der Waals surface area contributed by atoms with Crippen LogP contribution in [-0.2, 0) is 9.59 Å². The summed E-state index contributed by atoms with van der Waals surface area (Å²) in [4.78, 5) is 25.5. The Morgan fingerprint density at radius 2 is 1.96 bits per heavy atom. The normalized spacial score (nSPS) is 18.6. The molecular weight excluding hydrogens is 366 g/mol. The van der Waals surface area contributed by atoms with Gasteiger partial charge in [-0.15, -0.1) is 0 Å². The summed E-state index contributed by atoms with van der Waals surface area (Å²) < 4.78 is 0.233. The first-order valence-electron chi connectivity index (χ1n) is 7.23. The number of allylic oxidation sites excluding steroid dienone is 2. The number of thioether (sulfide) groups is 1. The first-order chi connectivity index (χ1) is 11.3. The van der Waals surface area contributed by atoms with Crippen LogP contribution in [0.25, 0.3) is 6.08 Å². The fourth-order valence-electron chi connectivity index (χ4n) is 2.29. The minimum atomic E-state index is -1.08. The largest absolute Gasteiger partial charge is 0.480 e. The van der Waals surface area contributed by atoms with E-state index >= 15 is 0 Å². The van der Waals surface area contributed by atoms with E-state index in [9.17, 15) is 14.7 Å². The number of carboxylic acids is 1. The van der Waals surface area contributed by atoms with Gasteiger partial charge in [-0.05, 0) is 23.6 Å². The van der Waals surface area contributed by atoms with Crippen molar-refractivity contribution >= 4 is 57.9 Å². The number of carbonyl (C=O) groups is 2. The Hall–Kier alpha value is -1.63. The molecule has 1 aliphatic heterocycles. The molecule has 24 heavy (non-hydrogen) atoms. The lowest BCUT2D eigenvalue weighted by Crippen LogP contribution is -2.47. The molecule has 0 radical (unpaired) electrons. The maximum Gasteiger partial charge on any atom is 0.327 e. The maximum absolute atomic E-state index is 12.6. The van der Waals surface area contributed by atoms with Crippen molar-refractivity contribution in [2.75, 3.05) is 0 Å². The second-order valence-electron chi connectivity index (χ2n) is 5.52. The van der Waals surface area contributed by atoms with Crippen molar-refractivity contribution in [3.63, 3.8) is 0 Å². The summed E-state index contributed by atoms with van der Waals surface area (Å²) in [5.41, 5.74) is 0.903. The van der Waals surface area contributed by atoms with E-state index in [1.54, 1.807) is 19.9 Å². The molecule has 0 unspecified atom stereocenters. The fourth-order valence-corrected chi connectivity index (χ4v) is 3.91. The molecule has 126 valence electrons. The Kier molecular flexibility index (Phi) is 6.21. The summed E-state index contributed by atoms with van der Waals surface area (Å²) in [6.07, 6.45) is 3.25. The van der Waals surface area contributed by atoms with Gasteiger partial charge in [-0.25, -0.2) is 4.79 Å². The van der Waals surface area contributed by atoms with E-state index in [1.165, 1.54) is 6.08 Å². The summed E-state index contributed by atoms with van der Waals surface area (Å²) in [6, 6.07) is 8.46. The number of hydrogen-bond donors (Lipinski definition) is 1. The summed E-state index contributed by atoms with van der Waals surface area (Å²) in [5.74, 6) is -1.76. The molecule has 0 aliphatic carbocycles. The zero-order valence-corrected chi connectivity index (χ0v) is 15.5. The number of aliphatic carboxylic acids is 1. The van der Waals surface area contributed by atoms with Crippen molar-refractivity contribution in [1.29, 1.82) is 0 Å². The van der Waals surface area contributed by atoms with Crippen molar-refractivity contribution in [3.05, 3.63) is 51.9 Å². The van der Waals surface area contributed by atoms with Crippen LogP contribution in [0.2, 0.25) is 0 Å². The number of nitrogens with zero attached hydrogens (tertiary/aromatic N) is 1. The SMILES string of the molecule is CC(C)[C@@H](C(=O)O)N1C(=O)/C(=C/C(Cl)=C/c2ccccc2)SC1=S. The summed E-state index contributed by atoms with van der Waals surface area (Å²) >= 11 is 12.5. The molecule has 0 spiro atoms. The number of benzene rings is 1. The van der Waals surface area contributed by atoms with E-state index < -0.39 is 17.9 Å². The molecule has 1 aromatic rings.